The van der Waals surface area contributed by atoms with Gasteiger partial charge < -0.3 is 10.3 Å². The zero-order valence-electron chi connectivity index (χ0n) is 10.6. The van der Waals surface area contributed by atoms with Crippen LogP contribution >= 0.6 is 0 Å². The van der Waals surface area contributed by atoms with Crippen molar-refractivity contribution in [2.75, 3.05) is 23.4 Å². The van der Waals surface area contributed by atoms with E-state index in [1.807, 2.05) is 6.92 Å². The second-order valence-electron chi connectivity index (χ2n) is 4.65. The number of nitrogens with two attached hydrogens (primary N) is 1. The molecule has 1 aromatic rings. The van der Waals surface area contributed by atoms with E-state index in [-0.39, 0.29) is 0 Å². The number of hydrogen-bond acceptors (Lipinski definition) is 5. The van der Waals surface area contributed by atoms with Gasteiger partial charge in [-0.2, -0.15) is 0 Å². The van der Waals surface area contributed by atoms with Crippen molar-refractivity contribution in [3.63, 3.8) is 0 Å². The van der Waals surface area contributed by atoms with Gasteiger partial charge in [0.1, 0.15) is 18.0 Å². The summed E-state index contributed by atoms with van der Waals surface area (Å²) >= 11 is 0. The van der Waals surface area contributed by atoms with E-state index < -0.39 is 0 Å². The summed E-state index contributed by atoms with van der Waals surface area (Å²) in [5, 5.41) is 0. The molecule has 0 saturated carbocycles. The molecule has 1 aliphatic rings. The normalized spacial score (nSPS) is 17.2. The maximum Gasteiger partial charge on any atom is 0.148 e. The van der Waals surface area contributed by atoms with Gasteiger partial charge in [0.15, 0.2) is 0 Å². The molecule has 0 radical (unpaired) electrons. The first-order valence-corrected chi connectivity index (χ1v) is 6.29. The quantitative estimate of drug-likeness (QED) is 0.616. The van der Waals surface area contributed by atoms with Crippen molar-refractivity contribution in [3.8, 4) is 0 Å². The topological polar surface area (TPSA) is 67.1 Å². The van der Waals surface area contributed by atoms with E-state index in [1.54, 1.807) is 6.33 Å². The summed E-state index contributed by atoms with van der Waals surface area (Å²) in [5.41, 5.74) is 3.65. The number of aromatic nitrogens is 2. The van der Waals surface area contributed by atoms with Crippen LogP contribution in [0.5, 0.6) is 0 Å². The molecule has 5 nitrogen and oxygen atoms in total. The fourth-order valence-electron chi connectivity index (χ4n) is 2.46. The molecular formula is C12H21N5. The second kappa shape index (κ2) is 5.31. The number of anilines is 2. The Labute approximate surface area is 102 Å². The van der Waals surface area contributed by atoms with Gasteiger partial charge in [-0.05, 0) is 25.7 Å². The van der Waals surface area contributed by atoms with Crippen LogP contribution in [-0.4, -0.2) is 23.1 Å². The summed E-state index contributed by atoms with van der Waals surface area (Å²) in [6, 6.07) is 0. The SMILES string of the molecule is CCC1CCN(c2ncnc(NN)c2C)CC1. The molecule has 17 heavy (non-hydrogen) atoms. The Kier molecular flexibility index (Phi) is 3.78. The van der Waals surface area contributed by atoms with E-state index >= 15 is 0 Å². The van der Waals surface area contributed by atoms with Crippen LogP contribution in [0.4, 0.5) is 11.6 Å². The van der Waals surface area contributed by atoms with Gasteiger partial charge in [-0.3, -0.25) is 0 Å². The summed E-state index contributed by atoms with van der Waals surface area (Å²) < 4.78 is 0. The van der Waals surface area contributed by atoms with Gasteiger partial charge in [-0.15, -0.1) is 0 Å². The number of hydrazine groups is 1. The maximum absolute atomic E-state index is 5.43. The van der Waals surface area contributed by atoms with Crippen molar-refractivity contribution in [2.45, 2.75) is 33.1 Å². The highest BCUT2D eigenvalue weighted by atomic mass is 15.3. The van der Waals surface area contributed by atoms with Crippen molar-refractivity contribution >= 4 is 11.6 Å². The number of nitrogens with one attached hydrogen (secondary N) is 1. The molecule has 0 aliphatic carbocycles. The molecule has 0 bridgehead atoms. The highest BCUT2D eigenvalue weighted by molar-refractivity contribution is 5.57. The molecule has 94 valence electrons. The Morgan fingerprint density at radius 2 is 2.12 bits per heavy atom. The third-order valence-electron chi connectivity index (χ3n) is 3.69. The van der Waals surface area contributed by atoms with E-state index in [0.717, 1.165) is 30.4 Å². The Balaban J connectivity index is 2.13. The first-order valence-electron chi connectivity index (χ1n) is 6.29. The van der Waals surface area contributed by atoms with Crippen molar-refractivity contribution < 1.29 is 0 Å². The number of nitrogens with zero attached hydrogens (tertiary/aromatic N) is 3. The van der Waals surface area contributed by atoms with Crippen molar-refractivity contribution in [1.29, 1.82) is 0 Å². The molecular weight excluding hydrogens is 214 g/mol. The van der Waals surface area contributed by atoms with E-state index in [9.17, 15) is 0 Å². The lowest BCUT2D eigenvalue weighted by molar-refractivity contribution is 0.393. The van der Waals surface area contributed by atoms with Crippen LogP contribution in [0.25, 0.3) is 0 Å². The molecule has 1 saturated heterocycles. The average Bonchev–Trinajstić information content (AvgIpc) is 2.39. The molecule has 0 amide bonds. The number of rotatable bonds is 3. The average molecular weight is 235 g/mol. The van der Waals surface area contributed by atoms with Gasteiger partial charge in [0.2, 0.25) is 0 Å². The minimum Gasteiger partial charge on any atom is -0.356 e. The van der Waals surface area contributed by atoms with E-state index in [2.05, 4.69) is 27.2 Å². The standard InChI is InChI=1S/C12H21N5/c1-3-10-4-6-17(7-5-10)12-9(2)11(16-13)14-8-15-12/h8,10H,3-7,13H2,1-2H3,(H,14,15,16). The smallest absolute Gasteiger partial charge is 0.148 e. The summed E-state index contributed by atoms with van der Waals surface area (Å²) in [7, 11) is 0. The molecule has 0 atom stereocenters. The third kappa shape index (κ3) is 2.49. The van der Waals surface area contributed by atoms with Crippen LogP contribution in [0.15, 0.2) is 6.33 Å². The Bertz CT molecular complexity index is 371. The molecule has 1 aliphatic heterocycles. The highest BCUT2D eigenvalue weighted by Crippen LogP contribution is 2.27. The van der Waals surface area contributed by atoms with Crippen LogP contribution in [0.3, 0.4) is 0 Å². The summed E-state index contributed by atoms with van der Waals surface area (Å²) in [6.07, 6.45) is 5.37. The maximum atomic E-state index is 5.43. The van der Waals surface area contributed by atoms with Gasteiger partial charge in [-0.25, -0.2) is 15.8 Å². The predicted molar refractivity (Wildman–Crippen MR) is 69.8 cm³/mol. The lowest BCUT2D eigenvalue weighted by Crippen LogP contribution is -2.34. The van der Waals surface area contributed by atoms with Crippen LogP contribution < -0.4 is 16.2 Å². The Morgan fingerprint density at radius 3 is 2.71 bits per heavy atom. The predicted octanol–water partition coefficient (Wildman–Crippen LogP) is 1.70. The Morgan fingerprint density at radius 1 is 1.41 bits per heavy atom. The van der Waals surface area contributed by atoms with Crippen molar-refractivity contribution in [2.24, 2.45) is 11.8 Å². The molecule has 5 heteroatoms. The summed E-state index contributed by atoms with van der Waals surface area (Å²) in [4.78, 5) is 10.8. The van der Waals surface area contributed by atoms with Gasteiger partial charge in [0, 0.05) is 18.7 Å². The molecule has 2 heterocycles. The molecule has 0 unspecified atom stereocenters. The van der Waals surface area contributed by atoms with E-state index in [4.69, 9.17) is 5.84 Å². The van der Waals surface area contributed by atoms with Gasteiger partial charge in [0.25, 0.3) is 0 Å². The Hall–Kier alpha value is -1.36. The molecule has 2 rings (SSSR count). The van der Waals surface area contributed by atoms with Gasteiger partial charge in [0.05, 0.1) is 0 Å². The molecule has 0 spiro atoms. The fourth-order valence-corrected chi connectivity index (χ4v) is 2.46. The largest absolute Gasteiger partial charge is 0.356 e. The molecule has 0 aromatic carbocycles. The number of piperidine rings is 1. The summed E-state index contributed by atoms with van der Waals surface area (Å²) in [5.74, 6) is 8.04. The number of nitrogen functional groups attached to an aromatic ring is 1. The van der Waals surface area contributed by atoms with E-state index in [0.29, 0.717) is 5.82 Å². The first kappa shape index (κ1) is 12.1. The highest BCUT2D eigenvalue weighted by Gasteiger charge is 2.20. The van der Waals surface area contributed by atoms with Crippen molar-refractivity contribution in [1.82, 2.24) is 9.97 Å². The first-order chi connectivity index (χ1) is 8.26. The van der Waals surface area contributed by atoms with Crippen LogP contribution in [-0.2, 0) is 0 Å². The lowest BCUT2D eigenvalue weighted by atomic mass is 9.94. The molecule has 1 fully saturated rings. The lowest BCUT2D eigenvalue weighted by Gasteiger charge is -2.33. The minimum absolute atomic E-state index is 0.715. The monoisotopic (exact) mass is 235 g/mol. The molecule has 1 aromatic heterocycles. The van der Waals surface area contributed by atoms with Gasteiger partial charge >= 0.3 is 0 Å². The minimum atomic E-state index is 0.715. The zero-order valence-corrected chi connectivity index (χ0v) is 10.6. The van der Waals surface area contributed by atoms with Crippen LogP contribution in [0.1, 0.15) is 31.7 Å². The van der Waals surface area contributed by atoms with Crippen molar-refractivity contribution in [3.05, 3.63) is 11.9 Å². The molecule has 3 N–H and O–H groups in total. The zero-order chi connectivity index (χ0) is 12.3. The second-order valence-corrected chi connectivity index (χ2v) is 4.65. The third-order valence-corrected chi connectivity index (χ3v) is 3.69. The van der Waals surface area contributed by atoms with Crippen LogP contribution in [0, 0.1) is 12.8 Å². The van der Waals surface area contributed by atoms with Crippen LogP contribution in [0.2, 0.25) is 0 Å². The number of hydrogen-bond donors (Lipinski definition) is 2. The summed E-state index contributed by atoms with van der Waals surface area (Å²) in [6.45, 7) is 6.45. The van der Waals surface area contributed by atoms with E-state index in [1.165, 1.54) is 19.3 Å². The fraction of sp³-hybridized carbons (Fsp3) is 0.667. The van der Waals surface area contributed by atoms with Gasteiger partial charge in [-0.1, -0.05) is 13.3 Å².